The van der Waals surface area contributed by atoms with Crippen molar-refractivity contribution in [3.05, 3.63) is 51.7 Å². The Morgan fingerprint density at radius 1 is 1.10 bits per heavy atom. The first-order valence-corrected chi connectivity index (χ1v) is 11.1. The molecule has 1 aromatic carbocycles. The molecule has 0 aliphatic heterocycles. The average Bonchev–Trinajstić information content (AvgIpc) is 3.47. The minimum absolute atomic E-state index is 0.115. The zero-order valence-electron chi connectivity index (χ0n) is 16.7. The number of ether oxygens (including phenoxy) is 3. The van der Waals surface area contributed by atoms with Gasteiger partial charge < -0.3 is 19.5 Å². The average molecular weight is 447 g/mol. The predicted octanol–water partition coefficient (Wildman–Crippen LogP) is 4.14. The first-order valence-electron chi connectivity index (χ1n) is 9.23. The molecule has 0 aliphatic carbocycles. The predicted molar refractivity (Wildman–Crippen MR) is 116 cm³/mol. The fourth-order valence-electron chi connectivity index (χ4n) is 2.63. The molecule has 1 N–H and O–H groups in total. The van der Waals surface area contributed by atoms with E-state index in [2.05, 4.69) is 10.3 Å². The molecule has 0 radical (unpaired) electrons. The summed E-state index contributed by atoms with van der Waals surface area (Å²) in [5.74, 6) is 0.831. The lowest BCUT2D eigenvalue weighted by Crippen LogP contribution is -2.24. The quantitative estimate of drug-likeness (QED) is 0.372. The Balaban J connectivity index is 1.42. The van der Waals surface area contributed by atoms with Gasteiger partial charge in [0.05, 0.1) is 19.9 Å². The van der Waals surface area contributed by atoms with Gasteiger partial charge in [-0.2, -0.15) is 11.3 Å². The number of aromatic nitrogens is 1. The van der Waals surface area contributed by atoms with E-state index in [0.717, 1.165) is 10.6 Å². The van der Waals surface area contributed by atoms with Crippen LogP contribution in [0.5, 0.6) is 11.5 Å². The normalized spacial score (nSPS) is 10.5. The lowest BCUT2D eigenvalue weighted by atomic mass is 10.2. The highest BCUT2D eigenvalue weighted by molar-refractivity contribution is 7.13. The third-order valence-electron chi connectivity index (χ3n) is 4.19. The number of thiazole rings is 1. The van der Waals surface area contributed by atoms with E-state index >= 15 is 0 Å². The molecule has 0 unspecified atom stereocenters. The summed E-state index contributed by atoms with van der Waals surface area (Å²) in [4.78, 5) is 28.3. The van der Waals surface area contributed by atoms with Gasteiger partial charge in [0, 0.05) is 34.9 Å². The molecule has 2 aromatic heterocycles. The molecule has 158 valence electrons. The molecule has 0 aliphatic rings. The van der Waals surface area contributed by atoms with E-state index < -0.39 is 0 Å². The topological polar surface area (TPSA) is 86.8 Å². The first kappa shape index (κ1) is 21.8. The van der Waals surface area contributed by atoms with Crippen molar-refractivity contribution in [2.45, 2.75) is 19.4 Å². The Morgan fingerprint density at radius 3 is 2.67 bits per heavy atom. The highest BCUT2D eigenvalue weighted by Crippen LogP contribution is 2.33. The molecule has 0 spiro atoms. The summed E-state index contributed by atoms with van der Waals surface area (Å²) in [6.07, 6.45) is 0.749. The summed E-state index contributed by atoms with van der Waals surface area (Å²) < 4.78 is 15.9. The highest BCUT2D eigenvalue weighted by Gasteiger charge is 2.11. The number of hydrogen-bond acceptors (Lipinski definition) is 8. The summed E-state index contributed by atoms with van der Waals surface area (Å²) in [6.45, 7) is 0.536. The minimum Gasteiger partial charge on any atom is -0.493 e. The number of carbonyl (C=O) groups excluding carboxylic acids is 2. The van der Waals surface area contributed by atoms with E-state index in [1.54, 1.807) is 25.7 Å². The monoisotopic (exact) mass is 446 g/mol. The van der Waals surface area contributed by atoms with Crippen LogP contribution in [0.15, 0.2) is 40.4 Å². The van der Waals surface area contributed by atoms with Crippen molar-refractivity contribution in [3.8, 4) is 22.1 Å². The van der Waals surface area contributed by atoms with Gasteiger partial charge in [-0.25, -0.2) is 4.98 Å². The van der Waals surface area contributed by atoms with Crippen molar-refractivity contribution in [3.63, 3.8) is 0 Å². The van der Waals surface area contributed by atoms with Crippen LogP contribution in [0.1, 0.15) is 28.9 Å². The third-order valence-corrected chi connectivity index (χ3v) is 5.81. The van der Waals surface area contributed by atoms with E-state index in [0.29, 0.717) is 35.7 Å². The minimum atomic E-state index is -0.319. The number of methoxy groups -OCH3 is 2. The number of thiophene rings is 1. The molecule has 0 bridgehead atoms. The van der Waals surface area contributed by atoms with Gasteiger partial charge in [0.15, 0.2) is 11.5 Å². The van der Waals surface area contributed by atoms with Gasteiger partial charge in [-0.3, -0.25) is 9.59 Å². The second-order valence-electron chi connectivity index (χ2n) is 6.25. The number of carbonyl (C=O) groups is 2. The van der Waals surface area contributed by atoms with Crippen LogP contribution < -0.4 is 14.8 Å². The van der Waals surface area contributed by atoms with Crippen LogP contribution >= 0.6 is 22.7 Å². The maximum atomic E-state index is 11.9. The number of hydrogen-bond donors (Lipinski definition) is 1. The number of benzene rings is 1. The highest BCUT2D eigenvalue weighted by atomic mass is 32.1. The van der Waals surface area contributed by atoms with Crippen molar-refractivity contribution in [1.29, 1.82) is 0 Å². The zero-order chi connectivity index (χ0) is 21.3. The lowest BCUT2D eigenvalue weighted by Gasteiger charge is -2.08. The summed E-state index contributed by atoms with van der Waals surface area (Å²) in [5, 5.41) is 9.08. The zero-order valence-corrected chi connectivity index (χ0v) is 18.3. The van der Waals surface area contributed by atoms with E-state index in [9.17, 15) is 9.59 Å². The molecular weight excluding hydrogens is 424 g/mol. The van der Waals surface area contributed by atoms with Gasteiger partial charge in [-0.1, -0.05) is 0 Å². The molecule has 9 heteroatoms. The fourth-order valence-corrected chi connectivity index (χ4v) is 4.07. The molecule has 3 aromatic rings. The van der Waals surface area contributed by atoms with Crippen LogP contribution in [0.2, 0.25) is 0 Å². The molecule has 0 atom stereocenters. The molecule has 0 saturated carbocycles. The Labute approximate surface area is 182 Å². The maximum absolute atomic E-state index is 11.9. The fraction of sp³-hybridized carbons (Fsp3) is 0.286. The number of esters is 1. The third kappa shape index (κ3) is 5.80. The van der Waals surface area contributed by atoms with Crippen LogP contribution in [-0.2, 0) is 16.1 Å². The molecule has 7 nitrogen and oxygen atoms in total. The van der Waals surface area contributed by atoms with E-state index in [1.165, 1.54) is 22.7 Å². The number of amides is 1. The summed E-state index contributed by atoms with van der Waals surface area (Å²) in [5.41, 5.74) is 2.22. The van der Waals surface area contributed by atoms with Crippen molar-refractivity contribution in [1.82, 2.24) is 10.3 Å². The van der Waals surface area contributed by atoms with Crippen molar-refractivity contribution < 1.29 is 23.8 Å². The lowest BCUT2D eigenvalue weighted by molar-refractivity contribution is -0.145. The van der Waals surface area contributed by atoms with Gasteiger partial charge >= 0.3 is 5.97 Å². The largest absolute Gasteiger partial charge is 0.493 e. The molecule has 30 heavy (non-hydrogen) atoms. The summed E-state index contributed by atoms with van der Waals surface area (Å²) in [6, 6.07) is 7.35. The van der Waals surface area contributed by atoms with E-state index in [1.807, 2.05) is 29.0 Å². The Kier molecular flexibility index (Phi) is 7.81. The Hall–Kier alpha value is -2.91. The first-order chi connectivity index (χ1) is 14.6. The summed E-state index contributed by atoms with van der Waals surface area (Å²) >= 11 is 2.93. The standard InChI is InChI=1S/C21H22N2O5S2/c1-26-17-6-5-14(10-18(17)27-2)21-23-16(13-30-21)11-28-19(24)4-3-8-22-20(25)15-7-9-29-12-15/h5-7,9-10,12-13H,3-4,8,11H2,1-2H3,(H,22,25). The maximum Gasteiger partial charge on any atom is 0.306 e. The summed E-state index contributed by atoms with van der Waals surface area (Å²) in [7, 11) is 3.17. The van der Waals surface area contributed by atoms with Gasteiger partial charge in [0.25, 0.3) is 5.91 Å². The van der Waals surface area contributed by atoms with Crippen LogP contribution in [0.25, 0.3) is 10.6 Å². The Morgan fingerprint density at radius 2 is 1.93 bits per heavy atom. The van der Waals surface area contributed by atoms with Crippen molar-refractivity contribution in [2.75, 3.05) is 20.8 Å². The second kappa shape index (κ2) is 10.7. The second-order valence-corrected chi connectivity index (χ2v) is 7.88. The smallest absolute Gasteiger partial charge is 0.306 e. The van der Waals surface area contributed by atoms with Gasteiger partial charge in [0.2, 0.25) is 0 Å². The van der Waals surface area contributed by atoms with Gasteiger partial charge in [-0.15, -0.1) is 11.3 Å². The van der Waals surface area contributed by atoms with Crippen LogP contribution in [0, 0.1) is 0 Å². The van der Waals surface area contributed by atoms with Crippen molar-refractivity contribution >= 4 is 34.6 Å². The molecule has 1 amide bonds. The Bertz CT molecular complexity index is 985. The molecule has 2 heterocycles. The number of rotatable bonds is 10. The molecule has 0 saturated heterocycles. The van der Waals surface area contributed by atoms with Crippen LogP contribution in [0.4, 0.5) is 0 Å². The number of nitrogens with zero attached hydrogens (tertiary/aromatic N) is 1. The molecule has 3 rings (SSSR count). The van der Waals surface area contributed by atoms with Crippen molar-refractivity contribution in [2.24, 2.45) is 0 Å². The van der Waals surface area contributed by atoms with E-state index in [-0.39, 0.29) is 24.9 Å². The van der Waals surface area contributed by atoms with E-state index in [4.69, 9.17) is 14.2 Å². The number of nitrogens with one attached hydrogen (secondary N) is 1. The molecule has 0 fully saturated rings. The van der Waals surface area contributed by atoms with Crippen LogP contribution in [0.3, 0.4) is 0 Å². The van der Waals surface area contributed by atoms with Gasteiger partial charge in [-0.05, 0) is 36.1 Å². The van der Waals surface area contributed by atoms with Gasteiger partial charge in [0.1, 0.15) is 11.6 Å². The van der Waals surface area contributed by atoms with Crippen LogP contribution in [-0.4, -0.2) is 37.6 Å². The molecular formula is C21H22N2O5S2. The SMILES string of the molecule is COc1ccc(-c2nc(COC(=O)CCCNC(=O)c3ccsc3)cs2)cc1OC.